The predicted octanol–water partition coefficient (Wildman–Crippen LogP) is 22.5. The van der Waals surface area contributed by atoms with E-state index in [-0.39, 0.29) is 11.2 Å². The Labute approximate surface area is 540 Å². The predicted molar refractivity (Wildman–Crippen MR) is 383 cm³/mol. The molecule has 1 aliphatic heterocycles. The standard InChI is InChI=1S/C36H30BNO3.C36H22BrNO.C6H4BrI/c1-35(2)36(3,4)41-37(40-35)25-11-9-10-23(20-25)24-16-19-32-30(21-24)27-12-5-7-14-31(27)38(32)26-17-18-29-28-13-6-8-15-33(28)39-34(29)22-26;37-27-10-6-9-25(20-27)23-7-5-8-24(19-23)26-15-18-34-32(21-26)29-11-1-3-13-33(29)38(34)28-16-17-31-30-12-2-4-14-35(30)39-36(31)22-28;7-5-2-1-3-6(8)4-5/h5-22H,1-4H3;1-22H;1-4H. The molecule has 1 saturated heterocycles. The number of fused-ring (bicyclic) bond motifs is 12. The molecule has 0 N–H and O–H groups in total. The van der Waals surface area contributed by atoms with Crippen LogP contribution in [0.25, 0.3) is 132 Å². The molecular weight excluding hydrogens is 1330 g/mol. The van der Waals surface area contributed by atoms with Gasteiger partial charge in [0.05, 0.1) is 33.3 Å². The van der Waals surface area contributed by atoms with Gasteiger partial charge in [-0.25, -0.2) is 0 Å². The van der Waals surface area contributed by atoms with Crippen LogP contribution >= 0.6 is 54.5 Å². The Hall–Kier alpha value is -8.49. The van der Waals surface area contributed by atoms with Crippen LogP contribution < -0.4 is 5.46 Å². The van der Waals surface area contributed by atoms with Crippen molar-refractivity contribution < 1.29 is 18.1 Å². The third kappa shape index (κ3) is 10.2. The Morgan fingerprint density at radius 3 is 1.20 bits per heavy atom. The number of halogens is 3. The normalized spacial score (nSPS) is 13.7. The second-order valence-corrected chi connectivity index (χ2v) is 26.5. The van der Waals surface area contributed by atoms with E-state index in [2.05, 4.69) is 322 Å². The smallest absolute Gasteiger partial charge is 0.456 e. The highest BCUT2D eigenvalue weighted by Gasteiger charge is 2.51. The summed E-state index contributed by atoms with van der Waals surface area (Å²) >= 11 is 9.24. The van der Waals surface area contributed by atoms with Gasteiger partial charge in [-0.3, -0.25) is 0 Å². The third-order valence-corrected chi connectivity index (χ3v) is 19.1. The molecule has 88 heavy (non-hydrogen) atoms. The van der Waals surface area contributed by atoms with Gasteiger partial charge < -0.3 is 27.3 Å². The summed E-state index contributed by atoms with van der Waals surface area (Å²) in [5.74, 6) is 0. The summed E-state index contributed by atoms with van der Waals surface area (Å²) in [7, 11) is -0.390. The van der Waals surface area contributed by atoms with Crippen LogP contribution in [0.5, 0.6) is 0 Å². The van der Waals surface area contributed by atoms with Crippen molar-refractivity contribution >= 4 is 155 Å². The molecule has 10 heteroatoms. The number of furan rings is 2. The van der Waals surface area contributed by atoms with E-state index in [0.717, 1.165) is 86.3 Å². The Bertz CT molecular complexity index is 5350. The van der Waals surface area contributed by atoms with Crippen molar-refractivity contribution in [2.75, 3.05) is 0 Å². The average Bonchev–Trinajstić information content (AvgIpc) is 2.36. The fourth-order valence-corrected chi connectivity index (χ4v) is 14.2. The molecular formula is C78H56BBr2IN2O4. The minimum atomic E-state index is -0.390. The Morgan fingerprint density at radius 1 is 0.318 bits per heavy atom. The maximum Gasteiger partial charge on any atom is 0.494 e. The molecule has 12 aromatic carbocycles. The lowest BCUT2D eigenvalue weighted by Crippen LogP contribution is -2.41. The summed E-state index contributed by atoms with van der Waals surface area (Å²) in [4.78, 5) is 0. The van der Waals surface area contributed by atoms with E-state index < -0.39 is 7.12 Å². The van der Waals surface area contributed by atoms with E-state index in [1.165, 1.54) is 63.9 Å². The van der Waals surface area contributed by atoms with Gasteiger partial charge in [0.2, 0.25) is 0 Å². The fourth-order valence-electron chi connectivity index (χ4n) is 12.4. The molecule has 0 unspecified atom stereocenters. The van der Waals surface area contributed by atoms with Gasteiger partial charge in [0.25, 0.3) is 0 Å². The van der Waals surface area contributed by atoms with Crippen molar-refractivity contribution in [3.63, 3.8) is 0 Å². The first-order valence-corrected chi connectivity index (χ1v) is 32.1. The van der Waals surface area contributed by atoms with Gasteiger partial charge in [-0.2, -0.15) is 0 Å². The Kier molecular flexibility index (Phi) is 14.4. The lowest BCUT2D eigenvalue weighted by molar-refractivity contribution is 0.00578. The van der Waals surface area contributed by atoms with Crippen molar-refractivity contribution in [2.45, 2.75) is 38.9 Å². The number of hydrogen-bond acceptors (Lipinski definition) is 4. The number of benzene rings is 12. The largest absolute Gasteiger partial charge is 0.494 e. The van der Waals surface area contributed by atoms with Gasteiger partial charge in [0, 0.05) is 79.1 Å². The quantitative estimate of drug-likeness (QED) is 0.123. The van der Waals surface area contributed by atoms with Crippen molar-refractivity contribution in [1.29, 1.82) is 0 Å². The molecule has 0 aliphatic carbocycles. The third-order valence-electron chi connectivity index (χ3n) is 17.5. The average molecular weight is 1380 g/mol. The zero-order chi connectivity index (χ0) is 59.8. The summed E-state index contributed by atoms with van der Waals surface area (Å²) in [6.45, 7) is 8.36. The molecule has 0 atom stereocenters. The first kappa shape index (κ1) is 56.1. The zero-order valence-electron chi connectivity index (χ0n) is 48.6. The molecule has 4 aromatic heterocycles. The van der Waals surface area contributed by atoms with Crippen molar-refractivity contribution in [2.24, 2.45) is 0 Å². The summed E-state index contributed by atoms with van der Waals surface area (Å²) in [5, 5.41) is 9.47. The van der Waals surface area contributed by atoms with E-state index in [0.29, 0.717) is 0 Å². The minimum absolute atomic E-state index is 0.375. The molecule has 0 amide bonds. The molecule has 0 bridgehead atoms. The first-order valence-electron chi connectivity index (χ1n) is 29.4. The molecule has 16 aromatic rings. The molecule has 17 rings (SSSR count). The van der Waals surface area contributed by atoms with Crippen LogP contribution in [-0.4, -0.2) is 27.5 Å². The number of hydrogen-bond donors (Lipinski definition) is 0. The lowest BCUT2D eigenvalue weighted by Gasteiger charge is -2.32. The van der Waals surface area contributed by atoms with Crippen LogP contribution in [0, 0.1) is 3.57 Å². The maximum atomic E-state index is 6.34. The topological polar surface area (TPSA) is 54.6 Å². The second kappa shape index (κ2) is 22.6. The van der Waals surface area contributed by atoms with Gasteiger partial charge in [-0.15, -0.1) is 0 Å². The number of nitrogens with zero attached hydrogens (tertiary/aromatic N) is 2. The van der Waals surface area contributed by atoms with Gasteiger partial charge in [-0.1, -0.05) is 177 Å². The second-order valence-electron chi connectivity index (χ2n) is 23.5. The van der Waals surface area contributed by atoms with Crippen molar-refractivity contribution in [3.05, 3.63) is 279 Å². The first-order chi connectivity index (χ1) is 42.8. The van der Waals surface area contributed by atoms with Crippen LogP contribution in [0.4, 0.5) is 0 Å². The molecule has 0 spiro atoms. The number of rotatable bonds is 6. The van der Waals surface area contributed by atoms with E-state index in [4.69, 9.17) is 18.1 Å². The lowest BCUT2D eigenvalue weighted by atomic mass is 9.78. The molecule has 0 radical (unpaired) electrons. The van der Waals surface area contributed by atoms with E-state index in [1.807, 2.05) is 36.4 Å². The summed E-state index contributed by atoms with van der Waals surface area (Å²) in [5.41, 5.74) is 17.9. The maximum absolute atomic E-state index is 6.34. The van der Waals surface area contributed by atoms with Crippen molar-refractivity contribution in [3.8, 4) is 44.8 Å². The Morgan fingerprint density at radius 2 is 0.716 bits per heavy atom. The minimum Gasteiger partial charge on any atom is -0.456 e. The van der Waals surface area contributed by atoms with Crippen LogP contribution in [0.3, 0.4) is 0 Å². The highest BCUT2D eigenvalue weighted by molar-refractivity contribution is 14.1. The van der Waals surface area contributed by atoms with Gasteiger partial charge >= 0.3 is 7.12 Å². The molecule has 426 valence electrons. The van der Waals surface area contributed by atoms with Gasteiger partial charge in [0.1, 0.15) is 22.3 Å². The molecule has 1 fully saturated rings. The van der Waals surface area contributed by atoms with Crippen molar-refractivity contribution in [1.82, 2.24) is 9.13 Å². The van der Waals surface area contributed by atoms with E-state index in [9.17, 15) is 0 Å². The summed E-state index contributed by atoms with van der Waals surface area (Å²) in [6, 6.07) is 94.2. The van der Waals surface area contributed by atoms with Crippen LogP contribution in [0.2, 0.25) is 0 Å². The van der Waals surface area contributed by atoms with Gasteiger partial charge in [0.15, 0.2) is 0 Å². The van der Waals surface area contributed by atoms with Crippen LogP contribution in [0.15, 0.2) is 285 Å². The molecule has 5 heterocycles. The zero-order valence-corrected chi connectivity index (χ0v) is 54.0. The van der Waals surface area contributed by atoms with Crippen LogP contribution in [0.1, 0.15) is 27.7 Å². The molecule has 6 nitrogen and oxygen atoms in total. The SMILES string of the molecule is Brc1cccc(-c2cccc(-c3ccc4c(c3)c3ccccc3n4-c3ccc4c(c3)oc3ccccc34)c2)c1.Brc1cccc(I)c1.CC1(C)OB(c2cccc(-c3ccc4c(c3)c3ccccc3n4-c3ccc4c(c3)oc3ccccc34)c2)OC1(C)C. The monoisotopic (exact) mass is 1380 g/mol. The van der Waals surface area contributed by atoms with Gasteiger partial charge in [-0.05, 0) is 198 Å². The summed E-state index contributed by atoms with van der Waals surface area (Å²) < 4.78 is 33.3. The Balaban J connectivity index is 0.000000131. The van der Waals surface area contributed by atoms with Crippen LogP contribution in [-0.2, 0) is 9.31 Å². The number of para-hydroxylation sites is 4. The molecule has 0 saturated carbocycles. The fraction of sp³-hybridized carbons (Fsp3) is 0.0769. The summed E-state index contributed by atoms with van der Waals surface area (Å²) in [6.07, 6.45) is 0. The number of aromatic nitrogens is 2. The van der Waals surface area contributed by atoms with E-state index in [1.54, 1.807) is 0 Å². The van der Waals surface area contributed by atoms with E-state index >= 15 is 0 Å². The highest BCUT2D eigenvalue weighted by atomic mass is 127. The molecule has 1 aliphatic rings. The highest BCUT2D eigenvalue weighted by Crippen LogP contribution is 2.41.